The number of nitro benzene ring substituents is 1. The second kappa shape index (κ2) is 8.15. The van der Waals surface area contributed by atoms with Crippen molar-refractivity contribution in [2.75, 3.05) is 0 Å². The Bertz CT molecular complexity index is 1140. The van der Waals surface area contributed by atoms with Crippen molar-refractivity contribution in [1.29, 1.82) is 0 Å². The highest BCUT2D eigenvalue weighted by atomic mass is 32.2. The van der Waals surface area contributed by atoms with E-state index in [-0.39, 0.29) is 11.6 Å². The number of benzene rings is 2. The average Bonchev–Trinajstić information content (AvgIpc) is 3.34. The van der Waals surface area contributed by atoms with Crippen molar-refractivity contribution in [3.8, 4) is 11.3 Å². The second-order valence-corrected chi connectivity index (χ2v) is 7.21. The summed E-state index contributed by atoms with van der Waals surface area (Å²) in [6, 6.07) is 19.4. The molecule has 0 spiro atoms. The van der Waals surface area contributed by atoms with Crippen LogP contribution in [-0.4, -0.2) is 16.0 Å². The highest BCUT2D eigenvalue weighted by Gasteiger charge is 2.24. The summed E-state index contributed by atoms with van der Waals surface area (Å²) in [5.41, 5.74) is 1.64. The summed E-state index contributed by atoms with van der Waals surface area (Å²) in [6.45, 7) is 0.481. The maximum atomic E-state index is 12.2. The molecule has 1 fully saturated rings. The first-order chi connectivity index (χ1) is 14.1. The Kier molecular flexibility index (Phi) is 5.26. The van der Waals surface area contributed by atoms with E-state index in [1.807, 2.05) is 30.3 Å². The molecule has 144 valence electrons. The molecule has 4 rings (SSSR count). The van der Waals surface area contributed by atoms with Gasteiger partial charge in [-0.1, -0.05) is 42.5 Å². The maximum absolute atomic E-state index is 12.2. The Morgan fingerprint density at radius 1 is 1.10 bits per heavy atom. The molecular formula is C21H15N3O4S. The topological polar surface area (TPSA) is 97.7 Å². The maximum Gasteiger partial charge on any atom is 0.270 e. The van der Waals surface area contributed by atoms with Crippen molar-refractivity contribution in [2.24, 2.45) is 4.99 Å². The molecule has 7 nitrogen and oxygen atoms in total. The number of nitro groups is 1. The van der Waals surface area contributed by atoms with E-state index in [4.69, 9.17) is 4.42 Å². The lowest BCUT2D eigenvalue weighted by Gasteiger charge is -1.97. The fourth-order valence-corrected chi connectivity index (χ4v) is 3.54. The Morgan fingerprint density at radius 2 is 1.93 bits per heavy atom. The Balaban J connectivity index is 1.49. The van der Waals surface area contributed by atoms with E-state index in [0.29, 0.717) is 33.7 Å². The first-order valence-electron chi connectivity index (χ1n) is 8.72. The molecule has 1 aliphatic heterocycles. The minimum absolute atomic E-state index is 0.0104. The number of rotatable bonds is 5. The molecule has 3 aromatic rings. The summed E-state index contributed by atoms with van der Waals surface area (Å²) in [6.07, 6.45) is 1.63. The molecule has 1 saturated heterocycles. The molecule has 0 bridgehead atoms. The smallest absolute Gasteiger partial charge is 0.270 e. The van der Waals surface area contributed by atoms with E-state index >= 15 is 0 Å². The van der Waals surface area contributed by atoms with Gasteiger partial charge in [0.05, 0.1) is 16.4 Å². The number of carbonyl (C=O) groups excluding carboxylic acids is 1. The molecule has 2 aromatic carbocycles. The molecule has 0 saturated carbocycles. The van der Waals surface area contributed by atoms with Crippen LogP contribution in [0.25, 0.3) is 17.4 Å². The van der Waals surface area contributed by atoms with Gasteiger partial charge in [-0.05, 0) is 29.5 Å². The Labute approximate surface area is 170 Å². The number of thioether (sulfide) groups is 1. The van der Waals surface area contributed by atoms with Crippen molar-refractivity contribution in [2.45, 2.75) is 6.54 Å². The molecule has 0 aliphatic carbocycles. The number of nitrogens with one attached hydrogen (secondary N) is 1. The van der Waals surface area contributed by atoms with Crippen LogP contribution < -0.4 is 5.32 Å². The quantitative estimate of drug-likeness (QED) is 0.380. The first-order valence-corrected chi connectivity index (χ1v) is 9.54. The lowest BCUT2D eigenvalue weighted by Crippen LogP contribution is -2.19. The molecule has 29 heavy (non-hydrogen) atoms. The number of non-ortho nitro benzene ring substituents is 1. The third-order valence-electron chi connectivity index (χ3n) is 4.14. The Hall–Kier alpha value is -3.65. The fraction of sp³-hybridized carbons (Fsp3) is 0.0476. The van der Waals surface area contributed by atoms with Gasteiger partial charge in [0.15, 0.2) is 5.17 Å². The largest absolute Gasteiger partial charge is 0.457 e. The molecule has 0 unspecified atom stereocenters. The van der Waals surface area contributed by atoms with Crippen LogP contribution in [0, 0.1) is 10.1 Å². The predicted molar refractivity (Wildman–Crippen MR) is 112 cm³/mol. The van der Waals surface area contributed by atoms with Gasteiger partial charge in [-0.15, -0.1) is 0 Å². The summed E-state index contributed by atoms with van der Waals surface area (Å²) in [4.78, 5) is 27.6. The number of furan rings is 1. The standard InChI is InChI=1S/C21H15N3O4S/c25-20-19(29-21(23-20)22-13-14-5-2-1-3-6-14)12-17-9-10-18(28-17)15-7-4-8-16(11-15)24(26)27/h1-12H,13H2,(H,22,23,25)/b19-12+. The van der Waals surface area contributed by atoms with Crippen molar-refractivity contribution in [3.05, 3.63) is 93.1 Å². The van der Waals surface area contributed by atoms with Crippen molar-refractivity contribution < 1.29 is 14.1 Å². The van der Waals surface area contributed by atoms with E-state index in [1.165, 1.54) is 23.9 Å². The van der Waals surface area contributed by atoms with E-state index in [1.54, 1.807) is 30.3 Å². The van der Waals surface area contributed by atoms with E-state index < -0.39 is 4.92 Å². The first kappa shape index (κ1) is 18.7. The number of nitrogens with zero attached hydrogens (tertiary/aromatic N) is 2. The molecule has 2 heterocycles. The van der Waals surface area contributed by atoms with Gasteiger partial charge in [-0.2, -0.15) is 0 Å². The number of carbonyl (C=O) groups is 1. The molecule has 0 atom stereocenters. The summed E-state index contributed by atoms with van der Waals surface area (Å²) < 4.78 is 5.75. The van der Waals surface area contributed by atoms with Gasteiger partial charge < -0.3 is 9.73 Å². The monoisotopic (exact) mass is 405 g/mol. The summed E-state index contributed by atoms with van der Waals surface area (Å²) in [7, 11) is 0. The van der Waals surface area contributed by atoms with Gasteiger partial charge in [0.2, 0.25) is 0 Å². The van der Waals surface area contributed by atoms with Gasteiger partial charge in [-0.3, -0.25) is 19.9 Å². The zero-order chi connectivity index (χ0) is 20.2. The molecule has 0 radical (unpaired) electrons. The van der Waals surface area contributed by atoms with Gasteiger partial charge in [-0.25, -0.2) is 0 Å². The normalized spacial score (nSPS) is 16.3. The Morgan fingerprint density at radius 3 is 2.72 bits per heavy atom. The number of amidine groups is 1. The zero-order valence-electron chi connectivity index (χ0n) is 15.1. The minimum atomic E-state index is -0.453. The average molecular weight is 405 g/mol. The third-order valence-corrected chi connectivity index (χ3v) is 5.09. The fourth-order valence-electron chi connectivity index (χ4n) is 2.74. The summed E-state index contributed by atoms with van der Waals surface area (Å²) in [5.74, 6) is 0.727. The number of aliphatic imine (C=N–C) groups is 1. The SMILES string of the molecule is O=C1NC(=NCc2ccccc2)S/C1=C/c1ccc(-c2cccc([N+](=O)[O-])c2)o1. The molecule has 1 aliphatic rings. The lowest BCUT2D eigenvalue weighted by molar-refractivity contribution is -0.384. The van der Waals surface area contributed by atoms with Crippen molar-refractivity contribution in [3.63, 3.8) is 0 Å². The van der Waals surface area contributed by atoms with Crippen molar-refractivity contribution >= 4 is 34.6 Å². The van der Waals surface area contributed by atoms with Crippen LogP contribution >= 0.6 is 11.8 Å². The third kappa shape index (κ3) is 4.44. The van der Waals surface area contributed by atoms with Crippen LogP contribution in [0.1, 0.15) is 11.3 Å². The molecule has 1 amide bonds. The van der Waals surface area contributed by atoms with E-state index in [2.05, 4.69) is 10.3 Å². The summed E-state index contributed by atoms with van der Waals surface area (Å²) in [5, 5.41) is 14.2. The van der Waals surface area contributed by atoms with Crippen LogP contribution in [0.5, 0.6) is 0 Å². The molecule has 1 N–H and O–H groups in total. The molecular weight excluding hydrogens is 390 g/mol. The molecule has 1 aromatic heterocycles. The second-order valence-electron chi connectivity index (χ2n) is 6.18. The van der Waals surface area contributed by atoms with Crippen LogP contribution in [0.3, 0.4) is 0 Å². The number of hydrogen-bond acceptors (Lipinski definition) is 6. The van der Waals surface area contributed by atoms with Crippen LogP contribution in [0.4, 0.5) is 5.69 Å². The van der Waals surface area contributed by atoms with Crippen molar-refractivity contribution in [1.82, 2.24) is 5.32 Å². The van der Waals surface area contributed by atoms with Crippen LogP contribution in [-0.2, 0) is 11.3 Å². The van der Waals surface area contributed by atoms with Gasteiger partial charge in [0.1, 0.15) is 11.5 Å². The number of hydrogen-bond donors (Lipinski definition) is 1. The zero-order valence-corrected chi connectivity index (χ0v) is 15.9. The predicted octanol–water partition coefficient (Wildman–Crippen LogP) is 4.61. The van der Waals surface area contributed by atoms with E-state index in [9.17, 15) is 14.9 Å². The lowest BCUT2D eigenvalue weighted by atomic mass is 10.1. The van der Waals surface area contributed by atoms with Crippen LogP contribution in [0.15, 0.2) is 81.0 Å². The minimum Gasteiger partial charge on any atom is -0.457 e. The highest BCUT2D eigenvalue weighted by molar-refractivity contribution is 8.18. The summed E-state index contributed by atoms with van der Waals surface area (Å²) >= 11 is 1.25. The van der Waals surface area contributed by atoms with Gasteiger partial charge in [0.25, 0.3) is 11.6 Å². The molecule has 8 heteroatoms. The van der Waals surface area contributed by atoms with Crippen LogP contribution in [0.2, 0.25) is 0 Å². The highest BCUT2D eigenvalue weighted by Crippen LogP contribution is 2.30. The van der Waals surface area contributed by atoms with Gasteiger partial charge in [0, 0.05) is 23.8 Å². The van der Waals surface area contributed by atoms with Gasteiger partial charge >= 0.3 is 0 Å². The van der Waals surface area contributed by atoms with E-state index in [0.717, 1.165) is 5.56 Å². The number of amides is 1.